The maximum Gasteiger partial charge on any atom is 0.241 e. The first kappa shape index (κ1) is 17.3. The lowest BCUT2D eigenvalue weighted by atomic mass is 10.4. The van der Waals surface area contributed by atoms with Gasteiger partial charge >= 0.3 is 0 Å². The van der Waals surface area contributed by atoms with Crippen LogP contribution in [0.4, 0.5) is 0 Å². The summed E-state index contributed by atoms with van der Waals surface area (Å²) >= 11 is 3.32. The zero-order chi connectivity index (χ0) is 15.5. The summed E-state index contributed by atoms with van der Waals surface area (Å²) < 4.78 is 27.8. The molecule has 1 heterocycles. The molecule has 0 amide bonds. The molecule has 21 heavy (non-hydrogen) atoms. The number of thioether (sulfide) groups is 1. The average molecular weight is 349 g/mol. The Morgan fingerprint density at radius 1 is 1.43 bits per heavy atom. The highest BCUT2D eigenvalue weighted by atomic mass is 32.2. The Bertz CT molecular complexity index is 577. The van der Waals surface area contributed by atoms with Gasteiger partial charge in [0.05, 0.1) is 4.90 Å². The number of hydrogen-bond acceptors (Lipinski definition) is 5. The van der Waals surface area contributed by atoms with Crippen molar-refractivity contribution in [3.05, 3.63) is 15.8 Å². The molecule has 0 bridgehead atoms. The molecule has 1 aliphatic carbocycles. The van der Waals surface area contributed by atoms with Gasteiger partial charge in [-0.1, -0.05) is 6.92 Å². The minimum Gasteiger partial charge on any atom is -0.312 e. The summed E-state index contributed by atoms with van der Waals surface area (Å²) in [6, 6.07) is 1.81. The molecule has 0 aliphatic heterocycles. The van der Waals surface area contributed by atoms with Gasteiger partial charge in [0.2, 0.25) is 10.0 Å². The molecule has 0 spiro atoms. The largest absolute Gasteiger partial charge is 0.312 e. The maximum atomic E-state index is 12.5. The fraction of sp³-hybridized carbons (Fsp3) is 0.714. The van der Waals surface area contributed by atoms with E-state index >= 15 is 0 Å². The molecular weight excluding hydrogens is 324 g/mol. The van der Waals surface area contributed by atoms with Gasteiger partial charge in [0, 0.05) is 27.6 Å². The van der Waals surface area contributed by atoms with Gasteiger partial charge in [-0.3, -0.25) is 0 Å². The van der Waals surface area contributed by atoms with E-state index in [2.05, 4.69) is 23.2 Å². The van der Waals surface area contributed by atoms with E-state index in [1.165, 1.54) is 0 Å². The van der Waals surface area contributed by atoms with Crippen molar-refractivity contribution in [3.8, 4) is 0 Å². The maximum absolute atomic E-state index is 12.5. The quantitative estimate of drug-likeness (QED) is 0.674. The van der Waals surface area contributed by atoms with Gasteiger partial charge in [0.25, 0.3) is 0 Å². The number of thiophene rings is 1. The van der Waals surface area contributed by atoms with Crippen LogP contribution in [0.15, 0.2) is 11.0 Å². The summed E-state index contributed by atoms with van der Waals surface area (Å²) in [5.41, 5.74) is 0. The first-order chi connectivity index (χ1) is 9.92. The van der Waals surface area contributed by atoms with Crippen LogP contribution in [-0.4, -0.2) is 32.5 Å². The first-order valence-electron chi connectivity index (χ1n) is 7.27. The van der Waals surface area contributed by atoms with Gasteiger partial charge in [-0.25, -0.2) is 13.1 Å². The molecule has 2 rings (SSSR count). The zero-order valence-corrected chi connectivity index (χ0v) is 15.3. The van der Waals surface area contributed by atoms with E-state index in [-0.39, 0.29) is 4.75 Å². The van der Waals surface area contributed by atoms with Crippen molar-refractivity contribution in [2.45, 2.75) is 49.3 Å². The topological polar surface area (TPSA) is 58.2 Å². The summed E-state index contributed by atoms with van der Waals surface area (Å²) in [6.45, 7) is 6.22. The van der Waals surface area contributed by atoms with Crippen LogP contribution < -0.4 is 10.0 Å². The molecule has 0 atom stereocenters. The lowest BCUT2D eigenvalue weighted by Gasteiger charge is -2.13. The van der Waals surface area contributed by atoms with Crippen LogP contribution in [-0.2, 0) is 16.6 Å². The second kappa shape index (κ2) is 7.00. The minimum absolute atomic E-state index is 0.141. The molecule has 1 aromatic rings. The Labute approximate surface area is 136 Å². The highest BCUT2D eigenvalue weighted by Crippen LogP contribution is 2.46. The van der Waals surface area contributed by atoms with E-state index in [1.807, 2.05) is 13.0 Å². The highest BCUT2D eigenvalue weighted by molar-refractivity contribution is 8.00. The smallest absolute Gasteiger partial charge is 0.241 e. The van der Waals surface area contributed by atoms with Gasteiger partial charge in [0.15, 0.2) is 0 Å². The third kappa shape index (κ3) is 4.45. The van der Waals surface area contributed by atoms with Gasteiger partial charge in [-0.05, 0) is 45.1 Å². The fourth-order valence-electron chi connectivity index (χ4n) is 2.16. The Balaban J connectivity index is 2.02. The van der Waals surface area contributed by atoms with E-state index in [0.717, 1.165) is 42.1 Å². The number of rotatable bonds is 9. The molecule has 120 valence electrons. The molecule has 0 unspecified atom stereocenters. The Morgan fingerprint density at radius 2 is 2.14 bits per heavy atom. The molecule has 7 heteroatoms. The third-order valence-corrected chi connectivity index (χ3v) is 7.89. The van der Waals surface area contributed by atoms with Crippen LogP contribution in [0.25, 0.3) is 0 Å². The molecule has 1 aliphatic rings. The van der Waals surface area contributed by atoms with E-state index < -0.39 is 10.0 Å². The normalized spacial score (nSPS) is 17.1. The van der Waals surface area contributed by atoms with Gasteiger partial charge in [-0.15, -0.1) is 11.3 Å². The van der Waals surface area contributed by atoms with Crippen molar-refractivity contribution in [1.82, 2.24) is 10.0 Å². The first-order valence-corrected chi connectivity index (χ1v) is 10.8. The van der Waals surface area contributed by atoms with Crippen molar-refractivity contribution >= 4 is 33.1 Å². The number of aryl methyl sites for hydroxylation is 1. The number of nitrogens with one attached hydrogen (secondary N) is 2. The summed E-state index contributed by atoms with van der Waals surface area (Å²) in [5.74, 6) is 0. The molecule has 4 nitrogen and oxygen atoms in total. The molecule has 1 fully saturated rings. The van der Waals surface area contributed by atoms with Gasteiger partial charge < -0.3 is 5.32 Å². The van der Waals surface area contributed by atoms with Gasteiger partial charge in [-0.2, -0.15) is 11.8 Å². The van der Waals surface area contributed by atoms with E-state index in [9.17, 15) is 8.42 Å². The molecule has 1 aromatic heterocycles. The lowest BCUT2D eigenvalue weighted by molar-refractivity contribution is 0.579. The van der Waals surface area contributed by atoms with Crippen LogP contribution >= 0.6 is 23.1 Å². The second-order valence-electron chi connectivity index (χ2n) is 5.52. The van der Waals surface area contributed by atoms with Crippen molar-refractivity contribution < 1.29 is 8.42 Å². The molecule has 0 saturated heterocycles. The Hall–Kier alpha value is -0.0800. The predicted octanol–water partition coefficient (Wildman–Crippen LogP) is 2.73. The monoisotopic (exact) mass is 348 g/mol. The molecule has 0 radical (unpaired) electrons. The third-order valence-electron chi connectivity index (χ3n) is 3.76. The highest BCUT2D eigenvalue weighted by Gasteiger charge is 2.42. The number of sulfonamides is 1. The van der Waals surface area contributed by atoms with Crippen molar-refractivity contribution in [2.75, 3.05) is 19.3 Å². The van der Waals surface area contributed by atoms with Crippen molar-refractivity contribution in [3.63, 3.8) is 0 Å². The predicted molar refractivity (Wildman–Crippen MR) is 91.7 cm³/mol. The molecular formula is C14H24N2O2S3. The van der Waals surface area contributed by atoms with Crippen molar-refractivity contribution in [2.24, 2.45) is 0 Å². The van der Waals surface area contributed by atoms with Crippen LogP contribution in [0.5, 0.6) is 0 Å². The summed E-state index contributed by atoms with van der Waals surface area (Å²) in [5, 5.41) is 3.31. The Morgan fingerprint density at radius 3 is 2.71 bits per heavy atom. The van der Waals surface area contributed by atoms with Crippen LogP contribution in [0.3, 0.4) is 0 Å². The standard InChI is InChI=1S/C14H24N2O2S3/c1-4-7-15-9-12-8-13(11(2)20-12)21(17,18)16-10-14(19-3)5-6-14/h8,15-16H,4-7,9-10H2,1-3H3. The minimum atomic E-state index is -3.38. The van der Waals surface area contributed by atoms with Crippen molar-refractivity contribution in [1.29, 1.82) is 0 Å². The molecule has 2 N–H and O–H groups in total. The lowest BCUT2D eigenvalue weighted by Crippen LogP contribution is -2.31. The Kier molecular flexibility index (Phi) is 5.76. The van der Waals surface area contributed by atoms with Crippen LogP contribution in [0, 0.1) is 6.92 Å². The van der Waals surface area contributed by atoms with E-state index in [1.54, 1.807) is 23.1 Å². The van der Waals surface area contributed by atoms with Crippen LogP contribution in [0.1, 0.15) is 35.9 Å². The SMILES string of the molecule is CCCNCc1cc(S(=O)(=O)NCC2(SC)CC2)c(C)s1. The fourth-order valence-corrected chi connectivity index (χ4v) is 5.71. The average Bonchev–Trinajstić information content (AvgIpc) is 3.14. The van der Waals surface area contributed by atoms with E-state index in [0.29, 0.717) is 11.4 Å². The van der Waals surface area contributed by atoms with E-state index in [4.69, 9.17) is 0 Å². The number of hydrogen-bond donors (Lipinski definition) is 2. The summed E-state index contributed by atoms with van der Waals surface area (Å²) in [4.78, 5) is 2.38. The zero-order valence-electron chi connectivity index (χ0n) is 12.9. The summed E-state index contributed by atoms with van der Waals surface area (Å²) in [7, 11) is -3.38. The van der Waals surface area contributed by atoms with Crippen LogP contribution in [0.2, 0.25) is 0 Å². The second-order valence-corrected chi connectivity index (χ2v) is 9.87. The molecule has 0 aromatic carbocycles. The van der Waals surface area contributed by atoms with Gasteiger partial charge in [0.1, 0.15) is 0 Å². The molecule has 1 saturated carbocycles. The summed E-state index contributed by atoms with van der Waals surface area (Å²) in [6.07, 6.45) is 5.33.